The van der Waals surface area contributed by atoms with Gasteiger partial charge in [-0.25, -0.2) is 4.57 Å². The van der Waals surface area contributed by atoms with Crippen molar-refractivity contribution in [3.05, 3.63) is 94.4 Å². The first-order valence-electron chi connectivity index (χ1n) is 14.5. The first kappa shape index (κ1) is 30.0. The first-order valence-corrected chi connectivity index (χ1v) is 17.7. The molecule has 0 radical (unpaired) electrons. The molecule has 2 bridgehead atoms. The van der Waals surface area contributed by atoms with Crippen molar-refractivity contribution in [1.82, 2.24) is 0 Å². The number of amides is 1. The van der Waals surface area contributed by atoms with Gasteiger partial charge in [0, 0.05) is 35.2 Å². The number of nitrogens with zero attached hydrogens (tertiary/aromatic N) is 1. The summed E-state index contributed by atoms with van der Waals surface area (Å²) >= 11 is 13.8. The molecule has 0 spiro atoms. The van der Waals surface area contributed by atoms with Crippen LogP contribution < -0.4 is 9.42 Å². The summed E-state index contributed by atoms with van der Waals surface area (Å²) in [4.78, 5) is 27.8. The summed E-state index contributed by atoms with van der Waals surface area (Å²) < 4.78 is 33.2. The van der Waals surface area contributed by atoms with E-state index in [0.29, 0.717) is 43.1 Å². The van der Waals surface area contributed by atoms with Crippen LogP contribution in [0.4, 0.5) is 5.69 Å². The van der Waals surface area contributed by atoms with Gasteiger partial charge in [-0.05, 0) is 65.4 Å². The normalized spacial score (nSPS) is 23.6. The van der Waals surface area contributed by atoms with E-state index >= 15 is 0 Å². The first-order chi connectivity index (χ1) is 21.2. The lowest BCUT2D eigenvalue weighted by Crippen LogP contribution is -2.70. The quantitative estimate of drug-likeness (QED) is 0.0902. The van der Waals surface area contributed by atoms with Crippen molar-refractivity contribution in [2.24, 2.45) is 10.8 Å². The number of hydrogen-bond acceptors (Lipinski definition) is 7. The molecule has 0 saturated heterocycles. The van der Waals surface area contributed by atoms with E-state index < -0.39 is 18.7 Å². The average Bonchev–Trinajstić information content (AvgIpc) is 3.55. The number of alkyl halides is 1. The highest BCUT2D eigenvalue weighted by molar-refractivity contribution is 7.49. The summed E-state index contributed by atoms with van der Waals surface area (Å²) in [5.41, 5.74) is 3.16. The molecule has 1 atom stereocenters. The molecule has 3 aromatic carbocycles. The van der Waals surface area contributed by atoms with E-state index in [9.17, 15) is 14.2 Å². The number of rotatable bonds is 11. The zero-order valence-electron chi connectivity index (χ0n) is 24.0. The summed E-state index contributed by atoms with van der Waals surface area (Å²) in [5, 5.41) is 2.59. The third-order valence-corrected chi connectivity index (χ3v) is 12.3. The number of carbonyl (C=O) groups is 2. The molecule has 11 heteroatoms. The Balaban J connectivity index is 1.25. The van der Waals surface area contributed by atoms with Crippen LogP contribution in [0.1, 0.15) is 47.4 Å². The molecule has 0 N–H and O–H groups in total. The summed E-state index contributed by atoms with van der Waals surface area (Å²) in [6.45, 7) is 2.47. The maximum Gasteiger partial charge on any atom is 0.530 e. The van der Waals surface area contributed by atoms with Gasteiger partial charge in [0.25, 0.3) is 0 Å². The van der Waals surface area contributed by atoms with E-state index in [4.69, 9.17) is 36.8 Å². The lowest BCUT2D eigenvalue weighted by Gasteiger charge is -2.67. The number of aryl methyl sites for hydroxylation is 1. The molecule has 0 unspecified atom stereocenters. The largest absolute Gasteiger partial charge is 0.530 e. The van der Waals surface area contributed by atoms with Crippen LogP contribution in [0, 0.1) is 17.8 Å². The number of fused-ring (bicyclic) bond motifs is 3. The Morgan fingerprint density at radius 1 is 0.977 bits per heavy atom. The molecule has 8 rings (SSSR count). The second-order valence-corrected chi connectivity index (χ2v) is 15.2. The van der Waals surface area contributed by atoms with Gasteiger partial charge in [-0.3, -0.25) is 18.6 Å². The van der Waals surface area contributed by atoms with Gasteiger partial charge >= 0.3 is 7.82 Å². The van der Waals surface area contributed by atoms with Crippen LogP contribution in [0.15, 0.2) is 72.1 Å². The molecule has 1 aliphatic heterocycles. The third kappa shape index (κ3) is 5.00. The van der Waals surface area contributed by atoms with Crippen LogP contribution in [0.3, 0.4) is 0 Å². The fourth-order valence-electron chi connectivity index (χ4n) is 6.96. The predicted molar refractivity (Wildman–Crippen MR) is 173 cm³/mol. The van der Waals surface area contributed by atoms with Gasteiger partial charge in [0.05, 0.1) is 29.0 Å². The van der Waals surface area contributed by atoms with E-state index in [-0.39, 0.29) is 30.3 Å². The van der Waals surface area contributed by atoms with Gasteiger partial charge in [0.1, 0.15) is 0 Å². The molecular weight excluding hydrogens is 640 g/mol. The minimum Gasteiger partial charge on any atom is -0.402 e. The van der Waals surface area contributed by atoms with Crippen molar-refractivity contribution in [2.75, 3.05) is 17.3 Å². The fraction of sp³-hybridized carbons (Fsp3) is 0.333. The minimum atomic E-state index is -4.17. The van der Waals surface area contributed by atoms with E-state index in [1.807, 2.05) is 73.0 Å². The van der Waals surface area contributed by atoms with E-state index in [0.717, 1.165) is 32.3 Å². The molecule has 7 nitrogen and oxygen atoms in total. The van der Waals surface area contributed by atoms with Crippen molar-refractivity contribution >= 4 is 69.3 Å². The van der Waals surface area contributed by atoms with E-state index in [2.05, 4.69) is 0 Å². The second kappa shape index (κ2) is 11.3. The average molecular weight is 671 g/mol. The molecule has 3 fully saturated rings. The topological polar surface area (TPSA) is 82.1 Å². The van der Waals surface area contributed by atoms with Gasteiger partial charge in [0.15, 0.2) is 5.75 Å². The summed E-state index contributed by atoms with van der Waals surface area (Å²) in [6, 6.07) is 20.6. The number of carbonyl (C=O) groups excluding carboxylic acids is 2. The molecule has 3 aliphatic carbocycles. The van der Waals surface area contributed by atoms with Crippen LogP contribution in [-0.4, -0.2) is 23.6 Å². The molecular formula is C33H30Cl2NO6PS. The van der Waals surface area contributed by atoms with Crippen LogP contribution in [0.5, 0.6) is 5.75 Å². The molecule has 1 amide bonds. The van der Waals surface area contributed by atoms with Crippen molar-refractivity contribution in [3.63, 3.8) is 0 Å². The number of phosphoric acid groups is 1. The van der Waals surface area contributed by atoms with Crippen molar-refractivity contribution < 1.29 is 27.7 Å². The predicted octanol–water partition coefficient (Wildman–Crippen LogP) is 8.73. The molecule has 44 heavy (non-hydrogen) atoms. The van der Waals surface area contributed by atoms with Crippen LogP contribution in [-0.2, 0) is 36.4 Å². The van der Waals surface area contributed by atoms with Gasteiger partial charge in [-0.2, -0.15) is 0 Å². The number of hydrogen-bond donors (Lipinski definition) is 0. The highest BCUT2D eigenvalue weighted by Crippen LogP contribution is 2.75. The Morgan fingerprint density at radius 2 is 1.57 bits per heavy atom. The van der Waals surface area contributed by atoms with Crippen molar-refractivity contribution in [1.29, 1.82) is 0 Å². The zero-order chi connectivity index (χ0) is 30.7. The SMILES string of the molecule is Cc1csc2c(OP(=O)(OCc3ccccc3)OCc3ccccc3)cc3c(c12)[C@H](CCl)CN3C(=O)C12CC(C(=O)Cl)(C1)C2. The summed E-state index contributed by atoms with van der Waals surface area (Å²) in [7, 11) is -4.17. The highest BCUT2D eigenvalue weighted by atomic mass is 35.5. The van der Waals surface area contributed by atoms with Crippen molar-refractivity contribution in [2.45, 2.75) is 45.3 Å². The lowest BCUT2D eigenvalue weighted by atomic mass is 9.35. The summed E-state index contributed by atoms with van der Waals surface area (Å²) in [5.74, 6) is 0.525. The van der Waals surface area contributed by atoms with Gasteiger partial charge in [-0.15, -0.1) is 22.9 Å². The Hall–Kier alpha value is -2.71. The monoisotopic (exact) mass is 669 g/mol. The molecule has 4 aromatic rings. The Labute approximate surface area is 269 Å². The number of anilines is 1. The highest BCUT2D eigenvalue weighted by Gasteiger charge is 2.75. The Bertz CT molecular complexity index is 1750. The maximum atomic E-state index is 14.3. The molecule has 1 aromatic heterocycles. The molecule has 228 valence electrons. The number of benzene rings is 3. The summed E-state index contributed by atoms with van der Waals surface area (Å²) in [6.07, 6.45) is 1.41. The molecule has 3 saturated carbocycles. The Morgan fingerprint density at radius 3 is 2.11 bits per heavy atom. The van der Waals surface area contributed by atoms with E-state index in [1.54, 1.807) is 11.0 Å². The number of phosphoric ester groups is 1. The number of thiophene rings is 1. The zero-order valence-corrected chi connectivity index (χ0v) is 27.2. The van der Waals surface area contributed by atoms with Crippen LogP contribution in [0.2, 0.25) is 0 Å². The Kier molecular flexibility index (Phi) is 7.68. The van der Waals surface area contributed by atoms with Gasteiger partial charge in [0.2, 0.25) is 11.1 Å². The fourth-order valence-corrected chi connectivity index (χ4v) is 9.68. The van der Waals surface area contributed by atoms with Gasteiger partial charge in [-0.1, -0.05) is 60.7 Å². The second-order valence-electron chi connectivity index (χ2n) is 12.1. The van der Waals surface area contributed by atoms with Crippen molar-refractivity contribution in [3.8, 4) is 5.75 Å². The smallest absolute Gasteiger partial charge is 0.402 e. The molecule has 4 aliphatic rings. The van der Waals surface area contributed by atoms with Gasteiger partial charge < -0.3 is 9.42 Å². The standard InChI is InChI=1S/C33H30Cl2NO6PS/c1-21-17-44-29-26(42-43(39,40-15-22-8-4-2-5-9-22)41-16-23-10-6-3-7-11-23)12-25-28(27(21)29)24(13-34)14-36(25)31(38)33-18-32(19-33,20-33)30(35)37/h2-12,17,24H,13-16,18-20H2,1H3/t24-,32?,33?/m1/s1. The van der Waals surface area contributed by atoms with Crippen LogP contribution in [0.25, 0.3) is 10.1 Å². The number of halogens is 2. The maximum absolute atomic E-state index is 14.3. The molecule has 2 heterocycles. The minimum absolute atomic E-state index is 0.0208. The third-order valence-electron chi connectivity index (χ3n) is 9.12. The van der Waals surface area contributed by atoms with E-state index in [1.165, 1.54) is 11.3 Å². The lowest BCUT2D eigenvalue weighted by molar-refractivity contribution is -0.199. The van der Waals surface area contributed by atoms with Crippen LogP contribution >= 0.6 is 42.4 Å².